The third-order valence-electron chi connectivity index (χ3n) is 6.04. The maximum atomic E-state index is 12.8. The molecule has 0 fully saturated rings. The molecule has 0 aromatic heterocycles. The maximum Gasteiger partial charge on any atom is 0.584 e. The molecule has 0 saturated heterocycles. The Bertz CT molecular complexity index is 1020. The number of hydrogen-bond donors (Lipinski definition) is 1. The molecule has 0 aliphatic carbocycles. The van der Waals surface area contributed by atoms with E-state index in [9.17, 15) is 9.46 Å². The molecule has 6 heteroatoms. The molecular weight excluding hydrogens is 463 g/mol. The van der Waals surface area contributed by atoms with Crippen LogP contribution in [0.3, 0.4) is 0 Å². The molecule has 0 atom stereocenters. The molecule has 0 spiro atoms. The summed E-state index contributed by atoms with van der Waals surface area (Å²) in [6.07, 6.45) is 2.02. The zero-order chi connectivity index (χ0) is 25.7. The van der Waals surface area contributed by atoms with Crippen molar-refractivity contribution in [1.29, 1.82) is 0 Å². The van der Waals surface area contributed by atoms with E-state index in [-0.39, 0.29) is 21.7 Å². The number of fused-ring (bicyclic) bond motifs is 2. The lowest BCUT2D eigenvalue weighted by atomic mass is 9.72. The van der Waals surface area contributed by atoms with Gasteiger partial charge in [-0.25, -0.2) is 4.57 Å². The Balaban J connectivity index is 2.09. The van der Waals surface area contributed by atoms with Gasteiger partial charge in [0.1, 0.15) is 11.5 Å². The third kappa shape index (κ3) is 6.83. The number of phosphoric acid groups is 1. The first kappa shape index (κ1) is 27.2. The molecule has 0 unspecified atom stereocenters. The second-order valence-corrected chi connectivity index (χ2v) is 15.7. The van der Waals surface area contributed by atoms with Gasteiger partial charge in [-0.15, -0.1) is 0 Å². The molecule has 1 N–H and O–H groups in total. The van der Waals surface area contributed by atoms with Gasteiger partial charge in [0.05, 0.1) is 9.79 Å². The highest BCUT2D eigenvalue weighted by atomic mass is 32.2. The van der Waals surface area contributed by atoms with Crippen LogP contribution in [0.5, 0.6) is 11.5 Å². The molecule has 1 aliphatic rings. The Morgan fingerprint density at radius 2 is 1.06 bits per heavy atom. The zero-order valence-electron chi connectivity index (χ0n) is 22.4. The number of phosphoric ester groups is 1. The van der Waals surface area contributed by atoms with E-state index in [1.165, 1.54) is 22.9 Å². The summed E-state index contributed by atoms with van der Waals surface area (Å²) in [5.74, 6) is 0.743. The van der Waals surface area contributed by atoms with Gasteiger partial charge < -0.3 is 9.05 Å². The second kappa shape index (κ2) is 8.91. The Morgan fingerprint density at radius 1 is 0.706 bits per heavy atom. The summed E-state index contributed by atoms with van der Waals surface area (Å²) >= 11 is 1.53. The lowest BCUT2D eigenvalue weighted by Gasteiger charge is -2.34. The van der Waals surface area contributed by atoms with Crippen molar-refractivity contribution in [2.24, 2.45) is 10.8 Å². The van der Waals surface area contributed by atoms with Crippen LogP contribution in [0.25, 0.3) is 0 Å². The zero-order valence-corrected chi connectivity index (χ0v) is 24.1. The molecule has 0 radical (unpaired) electrons. The number of rotatable bonds is 4. The summed E-state index contributed by atoms with van der Waals surface area (Å²) < 4.78 is 23.7. The molecule has 2 aromatic carbocycles. The van der Waals surface area contributed by atoms with Crippen LogP contribution in [0, 0.1) is 10.8 Å². The van der Waals surface area contributed by atoms with Crippen LogP contribution in [0.1, 0.15) is 93.2 Å². The van der Waals surface area contributed by atoms with Crippen molar-refractivity contribution in [2.45, 2.75) is 103 Å². The van der Waals surface area contributed by atoms with E-state index in [0.717, 1.165) is 22.6 Å². The van der Waals surface area contributed by atoms with Gasteiger partial charge in [-0.3, -0.25) is 4.89 Å². The average Bonchev–Trinajstić information content (AvgIpc) is 2.58. The highest BCUT2D eigenvalue weighted by molar-refractivity contribution is 7.99. The predicted octanol–water partition coefficient (Wildman–Crippen LogP) is 9.14. The molecule has 1 heterocycles. The SMILES string of the molecule is CC(C)(C)CC(C)(C)c1ccc2c(c1)Sc1cc(C(C)(C)CC(C)(C)C)ccc1OP(=O)(O)O2. The van der Waals surface area contributed by atoms with Crippen molar-refractivity contribution >= 4 is 19.6 Å². The van der Waals surface area contributed by atoms with Crippen LogP contribution in [0.15, 0.2) is 46.2 Å². The van der Waals surface area contributed by atoms with E-state index in [0.29, 0.717) is 11.5 Å². The highest BCUT2D eigenvalue weighted by Crippen LogP contribution is 2.55. The van der Waals surface area contributed by atoms with E-state index in [2.05, 4.69) is 81.4 Å². The molecule has 2 aromatic rings. The van der Waals surface area contributed by atoms with E-state index >= 15 is 0 Å². The molecule has 0 bridgehead atoms. The number of hydrogen-bond acceptors (Lipinski definition) is 4. The average molecular weight is 505 g/mol. The van der Waals surface area contributed by atoms with Crippen molar-refractivity contribution < 1.29 is 18.5 Å². The van der Waals surface area contributed by atoms with Gasteiger partial charge in [0.15, 0.2) is 0 Å². The summed E-state index contributed by atoms with van der Waals surface area (Å²) in [6.45, 7) is 22.5. The second-order valence-electron chi connectivity index (χ2n) is 13.3. The first-order valence-corrected chi connectivity index (χ1v) is 14.3. The fourth-order valence-corrected chi connectivity index (χ4v) is 7.42. The highest BCUT2D eigenvalue weighted by Gasteiger charge is 2.34. The topological polar surface area (TPSA) is 55.8 Å². The van der Waals surface area contributed by atoms with Gasteiger partial charge in [-0.1, -0.05) is 93.1 Å². The van der Waals surface area contributed by atoms with Gasteiger partial charge in [0.2, 0.25) is 0 Å². The third-order valence-corrected chi connectivity index (χ3v) is 7.97. The lowest BCUT2D eigenvalue weighted by molar-refractivity contribution is 0.281. The molecule has 0 saturated carbocycles. The quantitative estimate of drug-likeness (QED) is 0.421. The largest absolute Gasteiger partial charge is 0.584 e. The minimum atomic E-state index is -4.31. The minimum absolute atomic E-state index is 0.0605. The Hall–Kier alpha value is -1.42. The van der Waals surface area contributed by atoms with E-state index in [1.54, 1.807) is 12.1 Å². The molecule has 1 aliphatic heterocycles. The van der Waals surface area contributed by atoms with Crippen molar-refractivity contribution in [2.75, 3.05) is 0 Å². The van der Waals surface area contributed by atoms with Crippen molar-refractivity contribution in [3.05, 3.63) is 47.5 Å². The van der Waals surface area contributed by atoms with Gasteiger partial charge in [0, 0.05) is 0 Å². The Morgan fingerprint density at radius 3 is 1.38 bits per heavy atom. The van der Waals surface area contributed by atoms with E-state index in [1.807, 2.05) is 12.1 Å². The molecular formula is C28H41O4PS. The maximum absolute atomic E-state index is 12.8. The summed E-state index contributed by atoms with van der Waals surface area (Å²) in [7, 11) is -4.31. The molecule has 4 nitrogen and oxygen atoms in total. The Labute approximate surface area is 210 Å². The standard InChI is InChI=1S/C28H41O4PS/c1-25(2,3)17-27(7,8)19-11-13-21-23(15-19)34-24-16-20(28(9,10)18-26(4,5)6)12-14-22(24)32-33(29,30)31-21/h11-16H,17-18H2,1-10H3,(H,29,30). The van der Waals surface area contributed by atoms with Crippen molar-refractivity contribution in [1.82, 2.24) is 0 Å². The summed E-state index contributed by atoms with van der Waals surface area (Å²) in [5, 5.41) is 0. The monoisotopic (exact) mass is 504 g/mol. The fourth-order valence-electron chi connectivity index (χ4n) is 5.41. The normalized spacial score (nSPS) is 16.4. The van der Waals surface area contributed by atoms with Crippen LogP contribution in [0.4, 0.5) is 0 Å². The van der Waals surface area contributed by atoms with Crippen LogP contribution in [0.2, 0.25) is 0 Å². The van der Waals surface area contributed by atoms with Gasteiger partial charge in [0.25, 0.3) is 0 Å². The summed E-state index contributed by atoms with van der Waals surface area (Å²) in [6, 6.07) is 11.8. The Kier molecular flexibility index (Phi) is 7.12. The molecule has 188 valence electrons. The van der Waals surface area contributed by atoms with E-state index < -0.39 is 7.82 Å². The predicted molar refractivity (Wildman–Crippen MR) is 142 cm³/mol. The van der Waals surface area contributed by atoms with Crippen molar-refractivity contribution in [3.8, 4) is 11.5 Å². The van der Waals surface area contributed by atoms with Gasteiger partial charge >= 0.3 is 7.82 Å². The van der Waals surface area contributed by atoms with Crippen LogP contribution >= 0.6 is 19.6 Å². The molecule has 3 rings (SSSR count). The minimum Gasteiger partial charge on any atom is -0.394 e. The van der Waals surface area contributed by atoms with E-state index in [4.69, 9.17) is 9.05 Å². The fraction of sp³-hybridized carbons (Fsp3) is 0.571. The first-order chi connectivity index (χ1) is 15.3. The summed E-state index contributed by atoms with van der Waals surface area (Å²) in [5.41, 5.74) is 2.58. The first-order valence-electron chi connectivity index (χ1n) is 12.0. The number of benzene rings is 2. The molecule has 0 amide bonds. The van der Waals surface area contributed by atoms with Crippen LogP contribution in [-0.2, 0) is 15.4 Å². The smallest absolute Gasteiger partial charge is 0.394 e. The van der Waals surface area contributed by atoms with Crippen molar-refractivity contribution in [3.63, 3.8) is 0 Å². The summed E-state index contributed by atoms with van der Waals surface area (Å²) in [4.78, 5) is 12.1. The van der Waals surface area contributed by atoms with Gasteiger partial charge in [-0.2, -0.15) is 0 Å². The van der Waals surface area contributed by atoms with Gasteiger partial charge in [-0.05, 0) is 69.9 Å². The van der Waals surface area contributed by atoms with Crippen LogP contribution < -0.4 is 9.05 Å². The van der Waals surface area contributed by atoms with Crippen LogP contribution in [-0.4, -0.2) is 4.89 Å². The molecule has 34 heavy (non-hydrogen) atoms. The lowest BCUT2D eigenvalue weighted by Crippen LogP contribution is -2.25.